The SMILES string of the molecule is Cc1cc(C(=O)N(C)CCOCC2CC2)ccc1Br. The number of likely N-dealkylation sites (N-methyl/N-ethyl adjacent to an activating group) is 1. The van der Waals surface area contributed by atoms with E-state index in [1.54, 1.807) is 4.90 Å². The average Bonchev–Trinajstić information content (AvgIpc) is 3.21. The number of carbonyl (C=O) groups is 1. The fraction of sp³-hybridized carbons (Fsp3) is 0.533. The molecule has 0 N–H and O–H groups in total. The predicted molar refractivity (Wildman–Crippen MR) is 79.4 cm³/mol. The Morgan fingerprint density at radius 3 is 2.84 bits per heavy atom. The second-order valence-electron chi connectivity index (χ2n) is 5.21. The minimum Gasteiger partial charge on any atom is -0.379 e. The Labute approximate surface area is 123 Å². The first-order chi connectivity index (χ1) is 9.08. The number of aryl methyl sites for hydroxylation is 1. The van der Waals surface area contributed by atoms with Crippen LogP contribution in [0.5, 0.6) is 0 Å². The monoisotopic (exact) mass is 325 g/mol. The van der Waals surface area contributed by atoms with Crippen LogP contribution in [0.2, 0.25) is 0 Å². The molecule has 0 aromatic heterocycles. The van der Waals surface area contributed by atoms with Crippen molar-refractivity contribution in [3.63, 3.8) is 0 Å². The molecule has 3 nitrogen and oxygen atoms in total. The fourth-order valence-electron chi connectivity index (χ4n) is 1.84. The standard InChI is InChI=1S/C15H20BrNO2/c1-11-9-13(5-6-14(11)16)15(18)17(2)7-8-19-10-12-3-4-12/h5-6,9,12H,3-4,7-8,10H2,1-2H3. The van der Waals surface area contributed by atoms with Crippen LogP contribution in [0.15, 0.2) is 22.7 Å². The van der Waals surface area contributed by atoms with Crippen molar-refractivity contribution < 1.29 is 9.53 Å². The van der Waals surface area contributed by atoms with Crippen LogP contribution in [-0.2, 0) is 4.74 Å². The van der Waals surface area contributed by atoms with E-state index in [9.17, 15) is 4.79 Å². The van der Waals surface area contributed by atoms with Crippen LogP contribution in [0.25, 0.3) is 0 Å². The quantitative estimate of drug-likeness (QED) is 0.751. The van der Waals surface area contributed by atoms with E-state index in [0.29, 0.717) is 13.2 Å². The normalized spacial score (nSPS) is 14.5. The van der Waals surface area contributed by atoms with Gasteiger partial charge in [0.1, 0.15) is 0 Å². The van der Waals surface area contributed by atoms with Gasteiger partial charge in [0.05, 0.1) is 6.61 Å². The summed E-state index contributed by atoms with van der Waals surface area (Å²) in [6.07, 6.45) is 2.60. The number of benzene rings is 1. The maximum Gasteiger partial charge on any atom is 0.253 e. The van der Waals surface area contributed by atoms with Gasteiger partial charge in [0, 0.05) is 30.2 Å². The molecule has 0 atom stereocenters. The Morgan fingerprint density at radius 1 is 1.47 bits per heavy atom. The van der Waals surface area contributed by atoms with Crippen LogP contribution in [-0.4, -0.2) is 37.6 Å². The lowest BCUT2D eigenvalue weighted by molar-refractivity contribution is 0.0681. The van der Waals surface area contributed by atoms with Crippen molar-refractivity contribution in [1.82, 2.24) is 4.90 Å². The number of hydrogen-bond donors (Lipinski definition) is 0. The van der Waals surface area contributed by atoms with Gasteiger partial charge in [-0.1, -0.05) is 15.9 Å². The zero-order valence-electron chi connectivity index (χ0n) is 11.5. The van der Waals surface area contributed by atoms with E-state index >= 15 is 0 Å². The van der Waals surface area contributed by atoms with E-state index < -0.39 is 0 Å². The minimum absolute atomic E-state index is 0.0469. The summed E-state index contributed by atoms with van der Waals surface area (Å²) in [6, 6.07) is 5.68. The maximum atomic E-state index is 12.2. The highest BCUT2D eigenvalue weighted by atomic mass is 79.9. The van der Waals surface area contributed by atoms with E-state index in [4.69, 9.17) is 4.74 Å². The molecule has 1 aromatic rings. The second-order valence-corrected chi connectivity index (χ2v) is 6.06. The number of halogens is 1. The molecule has 1 aliphatic rings. The number of nitrogens with zero attached hydrogens (tertiary/aromatic N) is 1. The van der Waals surface area contributed by atoms with Gasteiger partial charge >= 0.3 is 0 Å². The molecule has 1 fully saturated rings. The van der Waals surface area contributed by atoms with Gasteiger partial charge in [0.25, 0.3) is 5.91 Å². The third kappa shape index (κ3) is 4.32. The van der Waals surface area contributed by atoms with E-state index in [0.717, 1.165) is 28.1 Å². The van der Waals surface area contributed by atoms with Crippen molar-refractivity contribution in [2.75, 3.05) is 26.8 Å². The van der Waals surface area contributed by atoms with Gasteiger partial charge in [-0.15, -0.1) is 0 Å². The number of rotatable bonds is 6. The largest absolute Gasteiger partial charge is 0.379 e. The first-order valence-corrected chi connectivity index (χ1v) is 7.46. The summed E-state index contributed by atoms with van der Waals surface area (Å²) in [5, 5.41) is 0. The highest BCUT2D eigenvalue weighted by Crippen LogP contribution is 2.28. The molecule has 104 valence electrons. The summed E-state index contributed by atoms with van der Waals surface area (Å²) in [4.78, 5) is 13.9. The summed E-state index contributed by atoms with van der Waals surface area (Å²) in [5.74, 6) is 0.820. The molecular weight excluding hydrogens is 306 g/mol. The molecule has 1 aliphatic carbocycles. The molecule has 0 aliphatic heterocycles. The van der Waals surface area contributed by atoms with Crippen LogP contribution in [0.4, 0.5) is 0 Å². The Bertz CT molecular complexity index is 457. The first-order valence-electron chi connectivity index (χ1n) is 6.67. The zero-order chi connectivity index (χ0) is 13.8. The van der Waals surface area contributed by atoms with Gasteiger partial charge < -0.3 is 9.64 Å². The van der Waals surface area contributed by atoms with Gasteiger partial charge in [-0.2, -0.15) is 0 Å². The smallest absolute Gasteiger partial charge is 0.253 e. The highest BCUT2D eigenvalue weighted by Gasteiger charge is 2.21. The van der Waals surface area contributed by atoms with Crippen molar-refractivity contribution in [3.8, 4) is 0 Å². The molecule has 0 bridgehead atoms. The molecule has 0 saturated heterocycles. The van der Waals surface area contributed by atoms with Crippen molar-refractivity contribution in [2.24, 2.45) is 5.92 Å². The lowest BCUT2D eigenvalue weighted by Gasteiger charge is -2.17. The van der Waals surface area contributed by atoms with Crippen LogP contribution >= 0.6 is 15.9 Å². The van der Waals surface area contributed by atoms with Crippen molar-refractivity contribution in [3.05, 3.63) is 33.8 Å². The highest BCUT2D eigenvalue weighted by molar-refractivity contribution is 9.10. The average molecular weight is 326 g/mol. The van der Waals surface area contributed by atoms with E-state index in [-0.39, 0.29) is 5.91 Å². The molecule has 0 heterocycles. The van der Waals surface area contributed by atoms with Crippen LogP contribution < -0.4 is 0 Å². The molecule has 0 radical (unpaired) electrons. The summed E-state index contributed by atoms with van der Waals surface area (Å²) in [6.45, 7) is 4.09. The minimum atomic E-state index is 0.0469. The molecule has 0 unspecified atom stereocenters. The number of carbonyl (C=O) groups excluding carboxylic acids is 1. The number of amides is 1. The van der Waals surface area contributed by atoms with Crippen molar-refractivity contribution >= 4 is 21.8 Å². The van der Waals surface area contributed by atoms with Gasteiger partial charge in [0.15, 0.2) is 0 Å². The molecular formula is C15H20BrNO2. The van der Waals surface area contributed by atoms with Crippen LogP contribution in [0.1, 0.15) is 28.8 Å². The molecule has 2 rings (SSSR count). The van der Waals surface area contributed by atoms with Gasteiger partial charge in [-0.05, 0) is 49.4 Å². The fourth-order valence-corrected chi connectivity index (χ4v) is 2.08. The maximum absolute atomic E-state index is 12.2. The van der Waals surface area contributed by atoms with Crippen molar-refractivity contribution in [1.29, 1.82) is 0 Å². The van der Waals surface area contributed by atoms with E-state index in [2.05, 4.69) is 15.9 Å². The topological polar surface area (TPSA) is 29.5 Å². The van der Waals surface area contributed by atoms with Gasteiger partial charge in [-0.3, -0.25) is 4.79 Å². The summed E-state index contributed by atoms with van der Waals surface area (Å²) < 4.78 is 6.58. The molecule has 1 saturated carbocycles. The summed E-state index contributed by atoms with van der Waals surface area (Å²) in [5.41, 5.74) is 1.80. The number of hydrogen-bond acceptors (Lipinski definition) is 2. The Kier molecular flexibility index (Phi) is 4.99. The van der Waals surface area contributed by atoms with Crippen molar-refractivity contribution in [2.45, 2.75) is 19.8 Å². The van der Waals surface area contributed by atoms with Crippen LogP contribution in [0, 0.1) is 12.8 Å². The van der Waals surface area contributed by atoms with E-state index in [1.807, 2.05) is 32.2 Å². The molecule has 19 heavy (non-hydrogen) atoms. The Balaban J connectivity index is 1.81. The molecule has 0 spiro atoms. The first kappa shape index (κ1) is 14.5. The Hall–Kier alpha value is -0.870. The van der Waals surface area contributed by atoms with E-state index in [1.165, 1.54) is 12.8 Å². The summed E-state index contributed by atoms with van der Waals surface area (Å²) >= 11 is 3.44. The Morgan fingerprint density at radius 2 is 2.21 bits per heavy atom. The number of ether oxygens (including phenoxy) is 1. The third-order valence-corrected chi connectivity index (χ3v) is 4.26. The molecule has 4 heteroatoms. The third-order valence-electron chi connectivity index (χ3n) is 3.37. The zero-order valence-corrected chi connectivity index (χ0v) is 13.1. The molecule has 1 aromatic carbocycles. The van der Waals surface area contributed by atoms with Gasteiger partial charge in [0.2, 0.25) is 0 Å². The van der Waals surface area contributed by atoms with Gasteiger partial charge in [-0.25, -0.2) is 0 Å². The molecule has 1 amide bonds. The second kappa shape index (κ2) is 6.53. The lowest BCUT2D eigenvalue weighted by atomic mass is 10.1. The summed E-state index contributed by atoms with van der Waals surface area (Å²) in [7, 11) is 1.82. The lowest BCUT2D eigenvalue weighted by Crippen LogP contribution is -2.30. The van der Waals surface area contributed by atoms with Crippen LogP contribution in [0.3, 0.4) is 0 Å². The predicted octanol–water partition coefficient (Wildman–Crippen LogP) is 3.26.